The van der Waals surface area contributed by atoms with Crippen molar-refractivity contribution >= 4 is 0 Å². The van der Waals surface area contributed by atoms with Crippen LogP contribution in [0.15, 0.2) is 24.3 Å². The molecule has 3 heteroatoms. The molecule has 1 aliphatic rings. The predicted molar refractivity (Wildman–Crippen MR) is 72.5 cm³/mol. The maximum absolute atomic E-state index is 5.31. The average Bonchev–Trinajstić information content (AvgIpc) is 2.40. The zero-order valence-corrected chi connectivity index (χ0v) is 11.5. The first-order valence-electron chi connectivity index (χ1n) is 6.65. The molecule has 0 radical (unpaired) electrons. The van der Waals surface area contributed by atoms with Gasteiger partial charge in [-0.15, -0.1) is 0 Å². The fraction of sp³-hybridized carbons (Fsp3) is 0.600. The molecule has 0 saturated carbocycles. The molecule has 0 spiro atoms. The van der Waals surface area contributed by atoms with Crippen LogP contribution >= 0.6 is 0 Å². The van der Waals surface area contributed by atoms with Crippen LogP contribution in [0.5, 0.6) is 0 Å². The van der Waals surface area contributed by atoms with E-state index in [0.717, 1.165) is 0 Å². The van der Waals surface area contributed by atoms with Crippen molar-refractivity contribution in [1.29, 1.82) is 0 Å². The third-order valence-electron chi connectivity index (χ3n) is 3.71. The van der Waals surface area contributed by atoms with Gasteiger partial charge in [0.1, 0.15) is 0 Å². The summed E-state index contributed by atoms with van der Waals surface area (Å²) in [6, 6.07) is 9.30. The van der Waals surface area contributed by atoms with Crippen LogP contribution in [0.4, 0.5) is 0 Å². The van der Waals surface area contributed by atoms with E-state index >= 15 is 0 Å². The molecular formula is C15H23NO2. The summed E-state index contributed by atoms with van der Waals surface area (Å²) in [5.74, 6) is 0. The number of hydrogen-bond donors (Lipinski definition) is 1. The lowest BCUT2D eigenvalue weighted by Crippen LogP contribution is -2.42. The van der Waals surface area contributed by atoms with E-state index in [4.69, 9.17) is 9.47 Å². The van der Waals surface area contributed by atoms with Gasteiger partial charge < -0.3 is 14.8 Å². The monoisotopic (exact) mass is 249 g/mol. The molecule has 0 heterocycles. The first-order chi connectivity index (χ1) is 8.76. The van der Waals surface area contributed by atoms with Gasteiger partial charge in [-0.1, -0.05) is 24.3 Å². The van der Waals surface area contributed by atoms with E-state index in [0.29, 0.717) is 6.04 Å². The third-order valence-corrected chi connectivity index (χ3v) is 3.71. The molecule has 0 aliphatic heterocycles. The van der Waals surface area contributed by atoms with Gasteiger partial charge >= 0.3 is 0 Å². The van der Waals surface area contributed by atoms with Crippen LogP contribution < -0.4 is 5.32 Å². The Balaban J connectivity index is 2.07. The maximum Gasteiger partial charge on any atom is 0.171 e. The second-order valence-electron chi connectivity index (χ2n) is 4.94. The fourth-order valence-electron chi connectivity index (χ4n) is 2.83. The van der Waals surface area contributed by atoms with Crippen molar-refractivity contribution in [3.05, 3.63) is 35.4 Å². The van der Waals surface area contributed by atoms with Gasteiger partial charge in [-0.2, -0.15) is 0 Å². The average molecular weight is 249 g/mol. The van der Waals surface area contributed by atoms with Crippen molar-refractivity contribution in [3.8, 4) is 0 Å². The van der Waals surface area contributed by atoms with Gasteiger partial charge in [0, 0.05) is 20.3 Å². The molecule has 1 aromatic rings. The number of hydrogen-bond acceptors (Lipinski definition) is 3. The molecule has 0 saturated heterocycles. The Morgan fingerprint density at radius 1 is 1.22 bits per heavy atom. The molecule has 100 valence electrons. The van der Waals surface area contributed by atoms with E-state index in [1.807, 2.05) is 0 Å². The molecule has 0 fully saturated rings. The number of aryl methyl sites for hydroxylation is 1. The highest BCUT2D eigenvalue weighted by Gasteiger charge is 2.24. The smallest absolute Gasteiger partial charge is 0.171 e. The lowest BCUT2D eigenvalue weighted by atomic mass is 9.87. The van der Waals surface area contributed by atoms with Crippen LogP contribution in [0.25, 0.3) is 0 Å². The van der Waals surface area contributed by atoms with E-state index < -0.39 is 0 Å². The van der Waals surface area contributed by atoms with Crippen LogP contribution in [-0.2, 0) is 15.9 Å². The Morgan fingerprint density at radius 3 is 2.67 bits per heavy atom. The Morgan fingerprint density at radius 2 is 1.94 bits per heavy atom. The normalized spacial score (nSPS) is 20.8. The topological polar surface area (TPSA) is 30.5 Å². The van der Waals surface area contributed by atoms with Crippen LogP contribution in [0.3, 0.4) is 0 Å². The largest absolute Gasteiger partial charge is 0.354 e. The summed E-state index contributed by atoms with van der Waals surface area (Å²) >= 11 is 0. The van der Waals surface area contributed by atoms with Gasteiger partial charge in [0.05, 0.1) is 6.04 Å². The Hall–Kier alpha value is -0.900. The van der Waals surface area contributed by atoms with E-state index in [9.17, 15) is 0 Å². The summed E-state index contributed by atoms with van der Waals surface area (Å²) in [7, 11) is 3.36. The minimum absolute atomic E-state index is 0.177. The molecule has 2 unspecified atom stereocenters. The highest BCUT2D eigenvalue weighted by molar-refractivity contribution is 5.32. The molecular weight excluding hydrogens is 226 g/mol. The molecule has 1 aromatic carbocycles. The number of rotatable bonds is 5. The van der Waals surface area contributed by atoms with Crippen molar-refractivity contribution in [1.82, 2.24) is 5.32 Å². The molecule has 2 atom stereocenters. The van der Waals surface area contributed by atoms with Crippen LogP contribution in [0.2, 0.25) is 0 Å². The quantitative estimate of drug-likeness (QED) is 0.814. The second-order valence-corrected chi connectivity index (χ2v) is 4.94. The highest BCUT2D eigenvalue weighted by Crippen LogP contribution is 2.30. The first kappa shape index (κ1) is 13.5. The maximum atomic E-state index is 5.31. The Kier molecular flexibility index (Phi) is 4.75. The summed E-state index contributed by atoms with van der Waals surface area (Å²) in [6.45, 7) is 2.11. The number of nitrogens with one attached hydrogen (secondary N) is 1. The number of fused-ring (bicyclic) bond motifs is 1. The zero-order chi connectivity index (χ0) is 13.0. The van der Waals surface area contributed by atoms with Gasteiger partial charge in [0.15, 0.2) is 6.29 Å². The van der Waals surface area contributed by atoms with Gasteiger partial charge in [-0.25, -0.2) is 0 Å². The molecule has 1 N–H and O–H groups in total. The molecule has 0 amide bonds. The summed E-state index contributed by atoms with van der Waals surface area (Å²) in [5, 5.41) is 3.63. The number of benzene rings is 1. The van der Waals surface area contributed by atoms with Gasteiger partial charge in [-0.3, -0.25) is 0 Å². The van der Waals surface area contributed by atoms with Crippen LogP contribution in [-0.4, -0.2) is 26.6 Å². The molecule has 2 rings (SSSR count). The molecule has 3 nitrogen and oxygen atoms in total. The molecule has 18 heavy (non-hydrogen) atoms. The van der Waals surface area contributed by atoms with Gasteiger partial charge in [-0.05, 0) is 37.3 Å². The minimum atomic E-state index is -0.195. The van der Waals surface area contributed by atoms with Gasteiger partial charge in [0.2, 0.25) is 0 Å². The van der Waals surface area contributed by atoms with Crippen molar-refractivity contribution in [3.63, 3.8) is 0 Å². The highest BCUT2D eigenvalue weighted by atomic mass is 16.7. The van der Waals surface area contributed by atoms with E-state index in [1.165, 1.54) is 30.4 Å². The third kappa shape index (κ3) is 2.91. The van der Waals surface area contributed by atoms with Crippen molar-refractivity contribution < 1.29 is 9.47 Å². The van der Waals surface area contributed by atoms with E-state index in [1.54, 1.807) is 14.2 Å². The van der Waals surface area contributed by atoms with Crippen molar-refractivity contribution in [2.75, 3.05) is 14.2 Å². The summed E-state index contributed by atoms with van der Waals surface area (Å²) in [4.78, 5) is 0. The molecule has 0 aromatic heterocycles. The lowest BCUT2D eigenvalue weighted by molar-refractivity contribution is -0.121. The Bertz CT molecular complexity index is 377. The second kappa shape index (κ2) is 6.32. The minimum Gasteiger partial charge on any atom is -0.354 e. The molecule has 0 bridgehead atoms. The van der Waals surface area contributed by atoms with E-state index in [-0.39, 0.29) is 12.3 Å². The lowest BCUT2D eigenvalue weighted by Gasteiger charge is -2.31. The number of methoxy groups -OCH3 is 2. The SMILES string of the molecule is COC(OC)C(C)NC1CCCc2ccccc21. The first-order valence-corrected chi connectivity index (χ1v) is 6.65. The zero-order valence-electron chi connectivity index (χ0n) is 11.5. The van der Waals surface area contributed by atoms with Crippen molar-refractivity contribution in [2.45, 2.75) is 44.6 Å². The van der Waals surface area contributed by atoms with Crippen LogP contribution in [0.1, 0.15) is 36.9 Å². The van der Waals surface area contributed by atoms with Crippen molar-refractivity contribution in [2.24, 2.45) is 0 Å². The summed E-state index contributed by atoms with van der Waals surface area (Å²) in [5.41, 5.74) is 2.90. The fourth-order valence-corrected chi connectivity index (χ4v) is 2.83. The summed E-state index contributed by atoms with van der Waals surface area (Å²) < 4.78 is 10.6. The number of ether oxygens (including phenoxy) is 2. The van der Waals surface area contributed by atoms with Gasteiger partial charge in [0.25, 0.3) is 0 Å². The molecule has 1 aliphatic carbocycles. The Labute approximate surface area is 109 Å². The van der Waals surface area contributed by atoms with E-state index in [2.05, 4.69) is 36.5 Å². The van der Waals surface area contributed by atoms with Crippen LogP contribution in [0, 0.1) is 0 Å². The summed E-state index contributed by atoms with van der Waals surface area (Å²) in [6.07, 6.45) is 3.42. The predicted octanol–water partition coefficient (Wildman–Crippen LogP) is 2.66. The standard InChI is InChI=1S/C15H23NO2/c1-11(15(17-2)18-3)16-14-10-6-8-12-7-4-5-9-13(12)14/h4-5,7,9,11,14-16H,6,8,10H2,1-3H3.